The second kappa shape index (κ2) is 5.28. The molecule has 6 heteroatoms. The Kier molecular flexibility index (Phi) is 3.43. The monoisotopic (exact) mass is 311 g/mol. The third-order valence-electron chi connectivity index (χ3n) is 3.38. The minimum Gasteiger partial charge on any atom is -0.231 e. The summed E-state index contributed by atoms with van der Waals surface area (Å²) < 4.78 is 27.0. The highest BCUT2D eigenvalue weighted by molar-refractivity contribution is 7.90. The highest BCUT2D eigenvalue weighted by Crippen LogP contribution is 2.23. The molecule has 2 aromatic carbocycles. The van der Waals surface area contributed by atoms with E-state index in [1.54, 1.807) is 48.5 Å². The lowest BCUT2D eigenvalue weighted by Gasteiger charge is -2.09. The lowest BCUT2D eigenvalue weighted by Crippen LogP contribution is -2.16. The van der Waals surface area contributed by atoms with Crippen LogP contribution >= 0.6 is 0 Å². The van der Waals surface area contributed by atoms with Crippen molar-refractivity contribution in [1.82, 2.24) is 8.96 Å². The third kappa shape index (κ3) is 2.26. The Balaban J connectivity index is 2.30. The van der Waals surface area contributed by atoms with E-state index in [2.05, 4.69) is 4.98 Å². The molecule has 3 aromatic rings. The molecule has 0 saturated carbocycles. The number of aryl methyl sites for hydroxylation is 1. The molecule has 5 nitrogen and oxygen atoms in total. The number of benzene rings is 2. The largest absolute Gasteiger partial charge is 0.269 e. The molecule has 0 atom stereocenters. The lowest BCUT2D eigenvalue weighted by atomic mass is 10.2. The van der Waals surface area contributed by atoms with E-state index in [9.17, 15) is 8.42 Å². The van der Waals surface area contributed by atoms with Crippen LogP contribution in [-0.2, 0) is 16.4 Å². The van der Waals surface area contributed by atoms with Crippen molar-refractivity contribution < 1.29 is 8.42 Å². The standard InChI is InChI=1S/C16H13N3O2S/c1-12-6-8-13(9-7-12)22(20,21)19-15-5-3-2-4-14(15)18-16(19)10-11-17/h2-9H,10H2,1H3. The topological polar surface area (TPSA) is 75.8 Å². The molecule has 0 aliphatic heterocycles. The van der Waals surface area contributed by atoms with Gasteiger partial charge in [-0.3, -0.25) is 0 Å². The van der Waals surface area contributed by atoms with Crippen molar-refractivity contribution in [3.8, 4) is 6.07 Å². The fraction of sp³-hybridized carbons (Fsp3) is 0.125. The first-order valence-corrected chi connectivity index (χ1v) is 8.13. The summed E-state index contributed by atoms with van der Waals surface area (Å²) >= 11 is 0. The van der Waals surface area contributed by atoms with Gasteiger partial charge >= 0.3 is 0 Å². The maximum atomic E-state index is 12.9. The highest BCUT2D eigenvalue weighted by atomic mass is 32.2. The van der Waals surface area contributed by atoms with Crippen molar-refractivity contribution >= 4 is 21.1 Å². The van der Waals surface area contributed by atoms with Crippen LogP contribution in [0.2, 0.25) is 0 Å². The number of hydrogen-bond donors (Lipinski definition) is 0. The minimum absolute atomic E-state index is 0.0697. The van der Waals surface area contributed by atoms with Gasteiger partial charge in [0.1, 0.15) is 5.82 Å². The normalized spacial score (nSPS) is 11.5. The number of nitrogens with zero attached hydrogens (tertiary/aromatic N) is 3. The smallest absolute Gasteiger partial charge is 0.231 e. The fourth-order valence-corrected chi connectivity index (χ4v) is 3.81. The molecule has 22 heavy (non-hydrogen) atoms. The predicted octanol–water partition coefficient (Wildman–Crippen LogP) is 2.65. The Hall–Kier alpha value is -2.65. The molecule has 1 heterocycles. The van der Waals surface area contributed by atoms with Gasteiger partial charge in [0.05, 0.1) is 28.4 Å². The molecule has 0 aliphatic carbocycles. The molecule has 0 spiro atoms. The van der Waals surface area contributed by atoms with Gasteiger partial charge in [-0.15, -0.1) is 0 Å². The van der Waals surface area contributed by atoms with E-state index in [1.807, 2.05) is 13.0 Å². The van der Waals surface area contributed by atoms with Crippen LogP contribution in [0.3, 0.4) is 0 Å². The van der Waals surface area contributed by atoms with Gasteiger partial charge in [0.2, 0.25) is 0 Å². The molecule has 0 aliphatic rings. The van der Waals surface area contributed by atoms with Crippen molar-refractivity contribution in [3.05, 3.63) is 59.9 Å². The summed E-state index contributed by atoms with van der Waals surface area (Å²) in [6.45, 7) is 1.89. The molecule has 3 rings (SSSR count). The van der Waals surface area contributed by atoms with Crippen LogP contribution < -0.4 is 0 Å². The highest BCUT2D eigenvalue weighted by Gasteiger charge is 2.23. The quantitative estimate of drug-likeness (QED) is 0.745. The second-order valence-corrected chi connectivity index (χ2v) is 6.72. The van der Waals surface area contributed by atoms with Crippen LogP contribution in [0.1, 0.15) is 11.4 Å². The van der Waals surface area contributed by atoms with Gasteiger partial charge in [0.15, 0.2) is 0 Å². The first kappa shape index (κ1) is 14.3. The average molecular weight is 311 g/mol. The summed E-state index contributed by atoms with van der Waals surface area (Å²) in [5.74, 6) is 0.226. The fourth-order valence-electron chi connectivity index (χ4n) is 2.32. The summed E-state index contributed by atoms with van der Waals surface area (Å²) in [6, 6.07) is 15.6. The van der Waals surface area contributed by atoms with Crippen molar-refractivity contribution in [1.29, 1.82) is 5.26 Å². The zero-order valence-corrected chi connectivity index (χ0v) is 12.7. The van der Waals surface area contributed by atoms with E-state index >= 15 is 0 Å². The molecular formula is C16H13N3O2S. The van der Waals surface area contributed by atoms with Gasteiger partial charge in [-0.2, -0.15) is 5.26 Å². The van der Waals surface area contributed by atoms with Crippen LogP contribution in [0.4, 0.5) is 0 Å². The minimum atomic E-state index is -3.79. The number of rotatable bonds is 3. The third-order valence-corrected chi connectivity index (χ3v) is 5.14. The maximum absolute atomic E-state index is 12.9. The van der Waals surface area contributed by atoms with E-state index in [0.717, 1.165) is 9.54 Å². The van der Waals surface area contributed by atoms with Gasteiger partial charge in [0, 0.05) is 0 Å². The van der Waals surface area contributed by atoms with Gasteiger partial charge < -0.3 is 0 Å². The maximum Gasteiger partial charge on any atom is 0.269 e. The molecule has 0 bridgehead atoms. The molecule has 110 valence electrons. The SMILES string of the molecule is Cc1ccc(S(=O)(=O)n2c(CC#N)nc3ccccc32)cc1. The molecule has 0 saturated heterocycles. The summed E-state index contributed by atoms with van der Waals surface area (Å²) in [5.41, 5.74) is 2.02. The van der Waals surface area contributed by atoms with Crippen LogP contribution in [0.15, 0.2) is 53.4 Å². The van der Waals surface area contributed by atoms with Gasteiger partial charge in [-0.05, 0) is 31.2 Å². The van der Waals surface area contributed by atoms with Crippen molar-refractivity contribution in [2.24, 2.45) is 0 Å². The Bertz CT molecular complexity index is 980. The van der Waals surface area contributed by atoms with E-state index in [0.29, 0.717) is 11.0 Å². The molecule has 0 amide bonds. The Morgan fingerprint density at radius 1 is 1.14 bits per heavy atom. The number of aromatic nitrogens is 2. The average Bonchev–Trinajstić information content (AvgIpc) is 2.86. The summed E-state index contributed by atoms with van der Waals surface area (Å²) in [7, 11) is -3.79. The van der Waals surface area contributed by atoms with Gasteiger partial charge in [-0.25, -0.2) is 17.4 Å². The molecule has 0 unspecified atom stereocenters. The Morgan fingerprint density at radius 3 is 2.50 bits per heavy atom. The second-order valence-electron chi connectivity index (χ2n) is 4.93. The predicted molar refractivity (Wildman–Crippen MR) is 82.8 cm³/mol. The zero-order valence-electron chi connectivity index (χ0n) is 11.9. The number of fused-ring (bicyclic) bond motifs is 1. The van der Waals surface area contributed by atoms with Crippen molar-refractivity contribution in [2.75, 3.05) is 0 Å². The Morgan fingerprint density at radius 2 is 1.82 bits per heavy atom. The summed E-state index contributed by atoms with van der Waals surface area (Å²) in [4.78, 5) is 4.45. The Labute approximate surface area is 128 Å². The van der Waals surface area contributed by atoms with E-state index in [-0.39, 0.29) is 17.1 Å². The van der Waals surface area contributed by atoms with E-state index < -0.39 is 10.0 Å². The van der Waals surface area contributed by atoms with E-state index in [4.69, 9.17) is 5.26 Å². The number of nitriles is 1. The number of hydrogen-bond acceptors (Lipinski definition) is 4. The van der Waals surface area contributed by atoms with Gasteiger partial charge in [0.25, 0.3) is 10.0 Å². The van der Waals surface area contributed by atoms with Gasteiger partial charge in [-0.1, -0.05) is 29.8 Å². The first-order valence-electron chi connectivity index (χ1n) is 6.69. The van der Waals surface area contributed by atoms with Crippen LogP contribution in [0.5, 0.6) is 0 Å². The van der Waals surface area contributed by atoms with Crippen LogP contribution in [0, 0.1) is 18.3 Å². The lowest BCUT2D eigenvalue weighted by molar-refractivity contribution is 0.587. The molecular weight excluding hydrogens is 298 g/mol. The van der Waals surface area contributed by atoms with Crippen molar-refractivity contribution in [2.45, 2.75) is 18.2 Å². The molecule has 0 fully saturated rings. The number of para-hydroxylation sites is 2. The van der Waals surface area contributed by atoms with Crippen LogP contribution in [-0.4, -0.2) is 17.4 Å². The summed E-state index contributed by atoms with van der Waals surface area (Å²) in [5, 5.41) is 8.94. The van der Waals surface area contributed by atoms with Crippen molar-refractivity contribution in [3.63, 3.8) is 0 Å². The molecule has 0 radical (unpaired) electrons. The van der Waals surface area contributed by atoms with Crippen LogP contribution in [0.25, 0.3) is 11.0 Å². The summed E-state index contributed by atoms with van der Waals surface area (Å²) in [6.07, 6.45) is -0.0697. The number of imidazole rings is 1. The molecule has 1 aromatic heterocycles. The van der Waals surface area contributed by atoms with E-state index in [1.165, 1.54) is 0 Å². The molecule has 0 N–H and O–H groups in total. The first-order chi connectivity index (χ1) is 10.5. The zero-order chi connectivity index (χ0) is 15.7.